The topological polar surface area (TPSA) is 59.3 Å². The van der Waals surface area contributed by atoms with Gasteiger partial charge in [-0.3, -0.25) is 5.32 Å². The predicted octanol–water partition coefficient (Wildman–Crippen LogP) is 1.80. The van der Waals surface area contributed by atoms with Crippen molar-refractivity contribution in [2.45, 2.75) is 12.3 Å². The van der Waals surface area contributed by atoms with Crippen LogP contribution >= 0.6 is 15.9 Å². The minimum Gasteiger partial charge on any atom is -0.365 e. The molecule has 18 heavy (non-hydrogen) atoms. The van der Waals surface area contributed by atoms with E-state index in [9.17, 15) is 0 Å². The van der Waals surface area contributed by atoms with Gasteiger partial charge in [-0.05, 0) is 28.1 Å². The average Bonchev–Trinajstić information content (AvgIpc) is 2.84. The molecule has 1 fully saturated rings. The molecule has 2 heterocycles. The number of nitrogens with one attached hydrogen (secondary N) is 2. The van der Waals surface area contributed by atoms with Crippen molar-refractivity contribution >= 4 is 26.8 Å². The fourth-order valence-corrected chi connectivity index (χ4v) is 2.64. The van der Waals surface area contributed by atoms with E-state index in [1.165, 1.54) is 0 Å². The Kier molecular flexibility index (Phi) is 3.34. The van der Waals surface area contributed by atoms with Gasteiger partial charge in [0.2, 0.25) is 0 Å². The van der Waals surface area contributed by atoms with E-state index in [4.69, 9.17) is 9.26 Å². The van der Waals surface area contributed by atoms with Gasteiger partial charge in [-0.15, -0.1) is 0 Å². The molecule has 2 aromatic rings. The number of halogens is 1. The van der Waals surface area contributed by atoms with E-state index in [0.717, 1.165) is 34.2 Å². The molecule has 0 spiro atoms. The molecular formula is C12H14BrN3O2. The monoisotopic (exact) mass is 311 g/mol. The minimum absolute atomic E-state index is 0.0576. The van der Waals surface area contributed by atoms with Crippen LogP contribution in [0.4, 0.5) is 0 Å². The summed E-state index contributed by atoms with van der Waals surface area (Å²) in [7, 11) is 1.70. The summed E-state index contributed by atoms with van der Waals surface area (Å²) in [5.41, 5.74) is 0.864. The lowest BCUT2D eigenvalue weighted by Gasteiger charge is -2.28. The van der Waals surface area contributed by atoms with Crippen molar-refractivity contribution in [3.05, 3.63) is 28.4 Å². The van der Waals surface area contributed by atoms with Gasteiger partial charge in [-0.1, -0.05) is 11.2 Å². The fraction of sp³-hybridized carbons (Fsp3) is 0.417. The zero-order chi connectivity index (χ0) is 12.5. The summed E-state index contributed by atoms with van der Waals surface area (Å²) >= 11 is 3.48. The van der Waals surface area contributed by atoms with Crippen molar-refractivity contribution in [1.29, 1.82) is 0 Å². The lowest BCUT2D eigenvalue weighted by Crippen LogP contribution is -2.50. The summed E-state index contributed by atoms with van der Waals surface area (Å²) in [4.78, 5) is 0. The molecule has 0 amide bonds. The van der Waals surface area contributed by atoms with Crippen LogP contribution in [0.25, 0.3) is 10.9 Å². The third kappa shape index (κ3) is 2.05. The number of piperazine rings is 1. The van der Waals surface area contributed by atoms with Gasteiger partial charge in [-0.2, -0.15) is 0 Å². The van der Waals surface area contributed by atoms with Gasteiger partial charge in [0.05, 0.1) is 6.04 Å². The number of fused-ring (bicyclic) bond motifs is 1. The first-order valence-electron chi connectivity index (χ1n) is 5.83. The van der Waals surface area contributed by atoms with E-state index in [2.05, 4.69) is 31.7 Å². The maximum Gasteiger partial charge on any atom is 0.162 e. The van der Waals surface area contributed by atoms with Crippen LogP contribution in [-0.4, -0.2) is 31.6 Å². The quantitative estimate of drug-likeness (QED) is 0.885. The number of hydrogen-bond acceptors (Lipinski definition) is 5. The van der Waals surface area contributed by atoms with Crippen molar-refractivity contribution < 1.29 is 9.26 Å². The van der Waals surface area contributed by atoms with Crippen LogP contribution in [0.3, 0.4) is 0 Å². The first kappa shape index (κ1) is 12.1. The van der Waals surface area contributed by atoms with Crippen molar-refractivity contribution in [2.24, 2.45) is 0 Å². The number of benzene rings is 1. The number of ether oxygens (including phenoxy) is 1. The third-order valence-corrected chi connectivity index (χ3v) is 3.83. The Bertz CT molecular complexity index is 549. The Morgan fingerprint density at radius 3 is 3.00 bits per heavy atom. The second kappa shape index (κ2) is 4.97. The number of rotatable bonds is 2. The van der Waals surface area contributed by atoms with E-state index in [1.54, 1.807) is 7.11 Å². The van der Waals surface area contributed by atoms with Crippen LogP contribution in [0.1, 0.15) is 11.8 Å². The zero-order valence-electron chi connectivity index (χ0n) is 9.94. The molecule has 2 atom stereocenters. The maximum absolute atomic E-state index is 5.48. The minimum atomic E-state index is 0.0576. The summed E-state index contributed by atoms with van der Waals surface area (Å²) in [6, 6.07) is 6.09. The van der Waals surface area contributed by atoms with E-state index in [0.29, 0.717) is 0 Å². The van der Waals surface area contributed by atoms with Gasteiger partial charge >= 0.3 is 0 Å². The standard InChI is InChI=1S/C12H14BrN3O2/c1-17-10-6-14-9(5-15-10)12-7-3-2-4-8(13)11(7)16-18-12/h2-4,9-10,14-15H,5-6H2,1H3. The molecule has 1 aromatic carbocycles. The second-order valence-corrected chi connectivity index (χ2v) is 5.13. The molecule has 2 unspecified atom stereocenters. The van der Waals surface area contributed by atoms with E-state index in [1.807, 2.05) is 18.2 Å². The Hall–Kier alpha value is -0.950. The molecule has 0 aliphatic carbocycles. The molecule has 6 heteroatoms. The van der Waals surface area contributed by atoms with Gasteiger partial charge in [0, 0.05) is 30.1 Å². The number of hydrogen-bond donors (Lipinski definition) is 2. The third-order valence-electron chi connectivity index (χ3n) is 3.19. The largest absolute Gasteiger partial charge is 0.365 e. The van der Waals surface area contributed by atoms with Crippen LogP contribution < -0.4 is 10.6 Å². The molecule has 3 rings (SSSR count). The second-order valence-electron chi connectivity index (χ2n) is 4.28. The zero-order valence-corrected chi connectivity index (χ0v) is 11.5. The first-order chi connectivity index (χ1) is 8.79. The molecule has 0 radical (unpaired) electrons. The molecular weight excluding hydrogens is 298 g/mol. The summed E-state index contributed by atoms with van der Waals surface area (Å²) < 4.78 is 11.7. The van der Waals surface area contributed by atoms with Crippen LogP contribution in [-0.2, 0) is 4.74 Å². The predicted molar refractivity (Wildman–Crippen MR) is 71.3 cm³/mol. The molecule has 1 aliphatic rings. The van der Waals surface area contributed by atoms with Gasteiger partial charge in [0.15, 0.2) is 5.76 Å². The smallest absolute Gasteiger partial charge is 0.162 e. The van der Waals surface area contributed by atoms with Crippen molar-refractivity contribution in [2.75, 3.05) is 20.2 Å². The lowest BCUT2D eigenvalue weighted by molar-refractivity contribution is 0.0500. The Balaban J connectivity index is 1.89. The molecule has 1 aliphatic heterocycles. The van der Waals surface area contributed by atoms with Crippen LogP contribution in [0.5, 0.6) is 0 Å². The first-order valence-corrected chi connectivity index (χ1v) is 6.62. The highest BCUT2D eigenvalue weighted by Crippen LogP contribution is 2.29. The Labute approximate surface area is 113 Å². The molecule has 96 valence electrons. The molecule has 0 saturated carbocycles. The SMILES string of the molecule is COC1CNC(c2onc3c(Br)cccc23)CN1. The average molecular weight is 312 g/mol. The van der Waals surface area contributed by atoms with E-state index >= 15 is 0 Å². The number of methoxy groups -OCH3 is 1. The summed E-state index contributed by atoms with van der Waals surface area (Å²) in [6.45, 7) is 1.51. The fourth-order valence-electron chi connectivity index (χ4n) is 2.20. The molecule has 2 N–H and O–H groups in total. The highest BCUT2D eigenvalue weighted by molar-refractivity contribution is 9.10. The van der Waals surface area contributed by atoms with Gasteiger partial charge in [0.1, 0.15) is 11.7 Å². The van der Waals surface area contributed by atoms with Crippen molar-refractivity contribution in [3.8, 4) is 0 Å². The normalized spacial score (nSPS) is 24.6. The maximum atomic E-state index is 5.48. The van der Waals surface area contributed by atoms with Gasteiger partial charge < -0.3 is 14.6 Å². The molecule has 1 aromatic heterocycles. The Morgan fingerprint density at radius 2 is 2.28 bits per heavy atom. The van der Waals surface area contributed by atoms with Crippen LogP contribution in [0.15, 0.2) is 27.2 Å². The number of nitrogens with zero attached hydrogens (tertiary/aromatic N) is 1. The molecule has 5 nitrogen and oxygen atoms in total. The Morgan fingerprint density at radius 1 is 1.39 bits per heavy atom. The highest BCUT2D eigenvalue weighted by atomic mass is 79.9. The van der Waals surface area contributed by atoms with Crippen LogP contribution in [0.2, 0.25) is 0 Å². The lowest BCUT2D eigenvalue weighted by atomic mass is 10.1. The van der Waals surface area contributed by atoms with E-state index < -0.39 is 0 Å². The van der Waals surface area contributed by atoms with Gasteiger partial charge in [-0.25, -0.2) is 0 Å². The summed E-state index contributed by atoms with van der Waals surface area (Å²) in [5.74, 6) is 0.869. The molecule has 0 bridgehead atoms. The van der Waals surface area contributed by atoms with Crippen LogP contribution in [0, 0.1) is 0 Å². The van der Waals surface area contributed by atoms with Crippen molar-refractivity contribution in [3.63, 3.8) is 0 Å². The summed E-state index contributed by atoms with van der Waals surface area (Å²) in [6.07, 6.45) is 0.0576. The molecule has 1 saturated heterocycles. The highest BCUT2D eigenvalue weighted by Gasteiger charge is 2.25. The summed E-state index contributed by atoms with van der Waals surface area (Å²) in [5, 5.41) is 11.9. The number of aromatic nitrogens is 1. The van der Waals surface area contributed by atoms with Crippen molar-refractivity contribution in [1.82, 2.24) is 15.8 Å². The van der Waals surface area contributed by atoms with Gasteiger partial charge in [0.25, 0.3) is 0 Å². The van der Waals surface area contributed by atoms with E-state index in [-0.39, 0.29) is 12.3 Å².